The standard InChI is InChI=1S/C49H95NO8/c1-6-8-10-12-14-16-18-20-21-22-23-24-25-26-28-30-32-34-36-38-40-47(52)58-45(44-57-49(48(53)54)55-42-41-50(3,4)5)43-56-46(51)39-37-35-33-31-29-27-19-17-15-13-11-9-7-2/h45,49H,6-44H2,1-5H3. The molecule has 0 radical (unpaired) electrons. The highest BCUT2D eigenvalue weighted by Gasteiger charge is 2.22. The number of nitrogens with zero attached hydrogens (tertiary/aromatic N) is 1. The summed E-state index contributed by atoms with van der Waals surface area (Å²) in [6, 6.07) is 0. The van der Waals surface area contributed by atoms with E-state index in [-0.39, 0.29) is 32.2 Å². The summed E-state index contributed by atoms with van der Waals surface area (Å²) in [5.74, 6) is -2.26. The van der Waals surface area contributed by atoms with Gasteiger partial charge in [0.25, 0.3) is 0 Å². The van der Waals surface area contributed by atoms with E-state index in [2.05, 4.69) is 13.8 Å². The van der Waals surface area contributed by atoms with Gasteiger partial charge in [0.15, 0.2) is 12.4 Å². The summed E-state index contributed by atoms with van der Waals surface area (Å²) in [6.07, 6.45) is 39.9. The molecule has 0 spiro atoms. The van der Waals surface area contributed by atoms with E-state index in [1.54, 1.807) is 0 Å². The van der Waals surface area contributed by atoms with E-state index >= 15 is 0 Å². The van der Waals surface area contributed by atoms with Crippen LogP contribution in [0.3, 0.4) is 0 Å². The van der Waals surface area contributed by atoms with Gasteiger partial charge >= 0.3 is 11.9 Å². The quantitative estimate of drug-likeness (QED) is 0.0258. The first-order chi connectivity index (χ1) is 28.1. The minimum atomic E-state index is -1.61. The zero-order chi connectivity index (χ0) is 42.8. The fraction of sp³-hybridized carbons (Fsp3) is 0.939. The Kier molecular flexibility index (Phi) is 40.8. The van der Waals surface area contributed by atoms with Gasteiger partial charge in [-0.05, 0) is 12.8 Å². The van der Waals surface area contributed by atoms with Crippen molar-refractivity contribution >= 4 is 17.9 Å². The van der Waals surface area contributed by atoms with Crippen LogP contribution in [0.25, 0.3) is 0 Å². The molecule has 0 rings (SSSR count). The Morgan fingerprint density at radius 1 is 0.448 bits per heavy atom. The smallest absolute Gasteiger partial charge is 0.306 e. The molecule has 2 atom stereocenters. The number of carboxylic acids is 1. The summed E-state index contributed by atoms with van der Waals surface area (Å²) < 4.78 is 22.6. The zero-order valence-corrected chi connectivity index (χ0v) is 38.9. The first-order valence-electron chi connectivity index (χ1n) is 24.7. The maximum Gasteiger partial charge on any atom is 0.306 e. The average Bonchev–Trinajstić information content (AvgIpc) is 3.18. The van der Waals surface area contributed by atoms with Gasteiger partial charge in [-0.25, -0.2) is 0 Å². The lowest BCUT2D eigenvalue weighted by molar-refractivity contribution is -0.870. The van der Waals surface area contributed by atoms with Crippen LogP contribution in [0.5, 0.6) is 0 Å². The van der Waals surface area contributed by atoms with Crippen molar-refractivity contribution in [2.24, 2.45) is 0 Å². The second kappa shape index (κ2) is 42.0. The molecule has 0 aliphatic carbocycles. The highest BCUT2D eigenvalue weighted by atomic mass is 16.7. The molecular formula is C49H95NO8. The van der Waals surface area contributed by atoms with E-state index in [9.17, 15) is 19.5 Å². The molecule has 0 N–H and O–H groups in total. The number of carboxylic acid groups (broad SMARTS) is 1. The van der Waals surface area contributed by atoms with E-state index in [1.807, 2.05) is 21.1 Å². The molecule has 0 bridgehead atoms. The van der Waals surface area contributed by atoms with Gasteiger partial charge in [-0.2, -0.15) is 0 Å². The first-order valence-corrected chi connectivity index (χ1v) is 24.7. The molecule has 0 saturated carbocycles. The summed E-state index contributed by atoms with van der Waals surface area (Å²) >= 11 is 0. The lowest BCUT2D eigenvalue weighted by Gasteiger charge is -2.26. The van der Waals surface area contributed by atoms with Crippen LogP contribution in [0.1, 0.15) is 239 Å². The van der Waals surface area contributed by atoms with Crippen LogP contribution in [0, 0.1) is 0 Å². The Hall–Kier alpha value is -1.71. The number of ether oxygens (including phenoxy) is 4. The number of quaternary nitrogens is 1. The summed E-state index contributed by atoms with van der Waals surface area (Å²) in [5, 5.41) is 11.7. The monoisotopic (exact) mass is 826 g/mol. The van der Waals surface area contributed by atoms with Crippen molar-refractivity contribution in [2.45, 2.75) is 251 Å². The number of hydrogen-bond acceptors (Lipinski definition) is 8. The average molecular weight is 826 g/mol. The maximum atomic E-state index is 12.8. The minimum absolute atomic E-state index is 0.153. The number of unbranched alkanes of at least 4 members (excludes halogenated alkanes) is 31. The molecule has 0 fully saturated rings. The molecular weight excluding hydrogens is 731 g/mol. The normalized spacial score (nSPS) is 12.8. The lowest BCUT2D eigenvalue weighted by atomic mass is 10.0. The third-order valence-corrected chi connectivity index (χ3v) is 11.1. The topological polar surface area (TPSA) is 111 Å². The van der Waals surface area contributed by atoms with E-state index in [0.717, 1.165) is 38.5 Å². The van der Waals surface area contributed by atoms with Gasteiger partial charge in [0, 0.05) is 12.8 Å². The molecule has 0 aliphatic heterocycles. The van der Waals surface area contributed by atoms with Crippen molar-refractivity contribution in [1.82, 2.24) is 0 Å². The number of likely N-dealkylation sites (N-methyl/N-ethyl adjacent to an activating group) is 1. The summed E-state index contributed by atoms with van der Waals surface area (Å²) in [5.41, 5.74) is 0. The van der Waals surface area contributed by atoms with Crippen LogP contribution in [0.2, 0.25) is 0 Å². The third-order valence-electron chi connectivity index (χ3n) is 11.1. The van der Waals surface area contributed by atoms with E-state index < -0.39 is 24.3 Å². The second-order valence-corrected chi connectivity index (χ2v) is 18.1. The Labute approximate surface area is 358 Å². The Morgan fingerprint density at radius 2 is 0.776 bits per heavy atom. The van der Waals surface area contributed by atoms with Gasteiger partial charge in [0.2, 0.25) is 0 Å². The van der Waals surface area contributed by atoms with Crippen molar-refractivity contribution in [3.63, 3.8) is 0 Å². The van der Waals surface area contributed by atoms with Crippen LogP contribution in [0.15, 0.2) is 0 Å². The molecule has 344 valence electrons. The number of esters is 2. The van der Waals surface area contributed by atoms with Crippen molar-refractivity contribution in [3.05, 3.63) is 0 Å². The summed E-state index contributed by atoms with van der Waals surface area (Å²) in [7, 11) is 5.92. The van der Waals surface area contributed by atoms with Gasteiger partial charge in [-0.1, -0.05) is 213 Å². The number of rotatable bonds is 46. The third kappa shape index (κ3) is 42.4. The minimum Gasteiger partial charge on any atom is -0.545 e. The summed E-state index contributed by atoms with van der Waals surface area (Å²) in [4.78, 5) is 37.0. The number of aliphatic carboxylic acids is 1. The van der Waals surface area contributed by atoms with Gasteiger partial charge < -0.3 is 33.3 Å². The maximum absolute atomic E-state index is 12.8. The fourth-order valence-corrected chi connectivity index (χ4v) is 7.24. The number of hydrogen-bond donors (Lipinski definition) is 0. The predicted molar refractivity (Wildman–Crippen MR) is 237 cm³/mol. The van der Waals surface area contributed by atoms with Crippen molar-refractivity contribution in [3.8, 4) is 0 Å². The van der Waals surface area contributed by atoms with Gasteiger partial charge in [0.05, 0.1) is 40.3 Å². The van der Waals surface area contributed by atoms with Crippen molar-refractivity contribution in [2.75, 3.05) is 47.5 Å². The highest BCUT2D eigenvalue weighted by molar-refractivity contribution is 5.70. The van der Waals surface area contributed by atoms with Gasteiger partial charge in [0.1, 0.15) is 13.2 Å². The molecule has 9 heteroatoms. The molecule has 0 aromatic carbocycles. The highest BCUT2D eigenvalue weighted by Crippen LogP contribution is 2.17. The predicted octanol–water partition coefficient (Wildman–Crippen LogP) is 12.0. The van der Waals surface area contributed by atoms with Gasteiger partial charge in [-0.3, -0.25) is 9.59 Å². The Balaban J connectivity index is 4.30. The molecule has 0 aliphatic rings. The number of carbonyl (C=O) groups excluding carboxylic acids is 3. The molecule has 0 amide bonds. The zero-order valence-electron chi connectivity index (χ0n) is 38.9. The van der Waals surface area contributed by atoms with Gasteiger partial charge in [-0.15, -0.1) is 0 Å². The lowest BCUT2D eigenvalue weighted by Crippen LogP contribution is -2.44. The molecule has 0 saturated heterocycles. The number of carbonyl (C=O) groups is 3. The largest absolute Gasteiger partial charge is 0.545 e. The molecule has 2 unspecified atom stereocenters. The SMILES string of the molecule is CCCCCCCCCCCCCCCCCCCCCCC(=O)OC(COC(=O)CCCCCCCCCCCCCCC)COC(OCC[N+](C)(C)C)C(=O)[O-]. The first kappa shape index (κ1) is 56.3. The van der Waals surface area contributed by atoms with Crippen molar-refractivity contribution in [1.29, 1.82) is 0 Å². The molecule has 58 heavy (non-hydrogen) atoms. The van der Waals surface area contributed by atoms with Crippen LogP contribution in [-0.2, 0) is 33.3 Å². The van der Waals surface area contributed by atoms with E-state index in [1.165, 1.54) is 173 Å². The van der Waals surface area contributed by atoms with E-state index in [4.69, 9.17) is 18.9 Å². The Bertz CT molecular complexity index is 923. The second-order valence-electron chi connectivity index (χ2n) is 18.1. The molecule has 9 nitrogen and oxygen atoms in total. The Morgan fingerprint density at radius 3 is 1.10 bits per heavy atom. The molecule has 0 aromatic heterocycles. The van der Waals surface area contributed by atoms with Crippen LogP contribution < -0.4 is 5.11 Å². The van der Waals surface area contributed by atoms with E-state index in [0.29, 0.717) is 17.4 Å². The van der Waals surface area contributed by atoms with Crippen LogP contribution >= 0.6 is 0 Å². The molecule has 0 heterocycles. The summed E-state index contributed by atoms with van der Waals surface area (Å²) in [6.45, 7) is 4.78. The van der Waals surface area contributed by atoms with Crippen LogP contribution in [-0.4, -0.2) is 82.3 Å². The fourth-order valence-electron chi connectivity index (χ4n) is 7.24. The molecule has 0 aromatic rings. The van der Waals surface area contributed by atoms with Crippen LogP contribution in [0.4, 0.5) is 0 Å². The van der Waals surface area contributed by atoms with Crippen molar-refractivity contribution < 1.29 is 42.9 Å².